The van der Waals surface area contributed by atoms with E-state index in [-0.39, 0.29) is 0 Å². The molecule has 17 heavy (non-hydrogen) atoms. The third-order valence-corrected chi connectivity index (χ3v) is 3.96. The lowest BCUT2D eigenvalue weighted by molar-refractivity contribution is 0.673. The number of aromatic amines is 1. The zero-order chi connectivity index (χ0) is 11.7. The number of rotatable bonds is 2. The summed E-state index contributed by atoms with van der Waals surface area (Å²) in [6, 6.07) is 8.50. The van der Waals surface area contributed by atoms with Crippen LogP contribution in [0.25, 0.3) is 0 Å². The molecule has 0 fully saturated rings. The fourth-order valence-electron chi connectivity index (χ4n) is 2.49. The SMILES string of the molecule is Brc1ccc(Cc2n[nH]c3c2CCCC3)cc1. The zero-order valence-corrected chi connectivity index (χ0v) is 11.3. The van der Waals surface area contributed by atoms with E-state index >= 15 is 0 Å². The van der Waals surface area contributed by atoms with Crippen LogP contribution in [0.15, 0.2) is 28.7 Å². The van der Waals surface area contributed by atoms with Gasteiger partial charge in [0, 0.05) is 16.6 Å². The Kier molecular flexibility index (Phi) is 3.02. The largest absolute Gasteiger partial charge is 0.282 e. The van der Waals surface area contributed by atoms with Crippen molar-refractivity contribution in [2.45, 2.75) is 32.1 Å². The Hall–Kier alpha value is -1.09. The van der Waals surface area contributed by atoms with Crippen molar-refractivity contribution in [3.63, 3.8) is 0 Å². The molecule has 3 rings (SSSR count). The van der Waals surface area contributed by atoms with Gasteiger partial charge in [0.05, 0.1) is 5.69 Å². The highest BCUT2D eigenvalue weighted by atomic mass is 79.9. The first-order chi connectivity index (χ1) is 8.33. The number of nitrogens with one attached hydrogen (secondary N) is 1. The van der Waals surface area contributed by atoms with Crippen molar-refractivity contribution in [3.05, 3.63) is 51.3 Å². The van der Waals surface area contributed by atoms with Crippen LogP contribution < -0.4 is 0 Å². The van der Waals surface area contributed by atoms with Gasteiger partial charge in [0.1, 0.15) is 0 Å². The van der Waals surface area contributed by atoms with Crippen molar-refractivity contribution in [2.24, 2.45) is 0 Å². The van der Waals surface area contributed by atoms with E-state index in [1.54, 1.807) is 0 Å². The van der Waals surface area contributed by atoms with E-state index < -0.39 is 0 Å². The van der Waals surface area contributed by atoms with E-state index in [0.717, 1.165) is 10.9 Å². The molecule has 1 aromatic carbocycles. The molecule has 2 nitrogen and oxygen atoms in total. The Morgan fingerprint density at radius 2 is 1.88 bits per heavy atom. The topological polar surface area (TPSA) is 28.7 Å². The highest BCUT2D eigenvalue weighted by molar-refractivity contribution is 9.10. The Bertz CT molecular complexity index is 514. The van der Waals surface area contributed by atoms with E-state index in [1.165, 1.54) is 48.2 Å². The second-order valence-corrected chi connectivity index (χ2v) is 5.55. The van der Waals surface area contributed by atoms with Gasteiger partial charge < -0.3 is 0 Å². The summed E-state index contributed by atoms with van der Waals surface area (Å²) < 4.78 is 1.13. The van der Waals surface area contributed by atoms with Gasteiger partial charge in [0.25, 0.3) is 0 Å². The number of hydrogen-bond donors (Lipinski definition) is 1. The molecule has 0 saturated heterocycles. The van der Waals surface area contributed by atoms with Gasteiger partial charge in [-0.3, -0.25) is 5.10 Å². The molecular weight excluding hydrogens is 276 g/mol. The van der Waals surface area contributed by atoms with E-state index in [2.05, 4.69) is 50.4 Å². The number of hydrogen-bond acceptors (Lipinski definition) is 1. The van der Waals surface area contributed by atoms with Crippen molar-refractivity contribution in [3.8, 4) is 0 Å². The minimum Gasteiger partial charge on any atom is -0.282 e. The molecule has 2 aromatic rings. The molecule has 1 aliphatic carbocycles. The molecule has 0 atom stereocenters. The normalized spacial score (nSPS) is 14.6. The van der Waals surface area contributed by atoms with Gasteiger partial charge in [-0.15, -0.1) is 0 Å². The maximum absolute atomic E-state index is 4.48. The van der Waals surface area contributed by atoms with Gasteiger partial charge in [-0.1, -0.05) is 28.1 Å². The van der Waals surface area contributed by atoms with E-state index in [4.69, 9.17) is 0 Å². The van der Waals surface area contributed by atoms with Crippen LogP contribution in [-0.4, -0.2) is 10.2 Å². The first-order valence-electron chi connectivity index (χ1n) is 6.12. The molecule has 0 amide bonds. The van der Waals surface area contributed by atoms with Crippen molar-refractivity contribution < 1.29 is 0 Å². The van der Waals surface area contributed by atoms with Gasteiger partial charge in [0.15, 0.2) is 0 Å². The minimum atomic E-state index is 0.944. The highest BCUT2D eigenvalue weighted by Crippen LogP contribution is 2.24. The standard InChI is InChI=1S/C14H15BrN2/c15-11-7-5-10(6-8-11)9-14-12-3-1-2-4-13(12)16-17-14/h5-8H,1-4,9H2,(H,16,17). The van der Waals surface area contributed by atoms with Crippen LogP contribution in [0.4, 0.5) is 0 Å². The number of benzene rings is 1. The van der Waals surface area contributed by atoms with Gasteiger partial charge in [0.2, 0.25) is 0 Å². The molecule has 0 saturated carbocycles. The lowest BCUT2D eigenvalue weighted by Crippen LogP contribution is -2.02. The van der Waals surface area contributed by atoms with Crippen LogP contribution in [-0.2, 0) is 19.3 Å². The summed E-state index contributed by atoms with van der Waals surface area (Å²) in [5, 5.41) is 7.68. The predicted octanol–water partition coefficient (Wildman–Crippen LogP) is 3.64. The number of aryl methyl sites for hydroxylation is 1. The highest BCUT2D eigenvalue weighted by Gasteiger charge is 2.16. The maximum Gasteiger partial charge on any atom is 0.0700 e. The second-order valence-electron chi connectivity index (χ2n) is 4.64. The average Bonchev–Trinajstić information content (AvgIpc) is 2.76. The summed E-state index contributed by atoms with van der Waals surface area (Å²) in [5.74, 6) is 0. The first-order valence-corrected chi connectivity index (χ1v) is 6.91. The predicted molar refractivity (Wildman–Crippen MR) is 72.2 cm³/mol. The van der Waals surface area contributed by atoms with Crippen LogP contribution in [0, 0.1) is 0 Å². The van der Waals surface area contributed by atoms with Crippen LogP contribution in [0.1, 0.15) is 35.4 Å². The first kappa shape index (κ1) is 11.0. The number of halogens is 1. The summed E-state index contributed by atoms with van der Waals surface area (Å²) in [7, 11) is 0. The summed E-state index contributed by atoms with van der Waals surface area (Å²) in [6.45, 7) is 0. The van der Waals surface area contributed by atoms with Gasteiger partial charge in [-0.05, 0) is 48.9 Å². The van der Waals surface area contributed by atoms with Gasteiger partial charge in [-0.25, -0.2) is 0 Å². The fourth-order valence-corrected chi connectivity index (χ4v) is 2.76. The van der Waals surface area contributed by atoms with Crippen molar-refractivity contribution >= 4 is 15.9 Å². The molecule has 1 heterocycles. The van der Waals surface area contributed by atoms with Crippen LogP contribution >= 0.6 is 15.9 Å². The van der Waals surface area contributed by atoms with Gasteiger partial charge in [-0.2, -0.15) is 5.10 Å². The molecule has 0 radical (unpaired) electrons. The average molecular weight is 291 g/mol. The lowest BCUT2D eigenvalue weighted by Gasteiger charge is -2.11. The monoisotopic (exact) mass is 290 g/mol. The molecule has 0 aliphatic heterocycles. The second kappa shape index (κ2) is 4.65. The minimum absolute atomic E-state index is 0.944. The number of nitrogens with zero attached hydrogens (tertiary/aromatic N) is 1. The Balaban J connectivity index is 1.85. The van der Waals surface area contributed by atoms with E-state index in [9.17, 15) is 0 Å². The van der Waals surface area contributed by atoms with Crippen LogP contribution in [0.5, 0.6) is 0 Å². The molecular formula is C14H15BrN2. The third-order valence-electron chi connectivity index (χ3n) is 3.43. The van der Waals surface area contributed by atoms with Crippen molar-refractivity contribution in [1.29, 1.82) is 0 Å². The summed E-state index contributed by atoms with van der Waals surface area (Å²) in [5.41, 5.74) is 5.40. The molecule has 3 heteroatoms. The smallest absolute Gasteiger partial charge is 0.0700 e. The Labute approximate surface area is 110 Å². The van der Waals surface area contributed by atoms with Crippen molar-refractivity contribution in [1.82, 2.24) is 10.2 Å². The Morgan fingerprint density at radius 1 is 1.12 bits per heavy atom. The molecule has 0 unspecified atom stereocenters. The number of aromatic nitrogens is 2. The molecule has 0 spiro atoms. The molecule has 1 aliphatic rings. The summed E-state index contributed by atoms with van der Waals surface area (Å²) in [6.07, 6.45) is 5.91. The quantitative estimate of drug-likeness (QED) is 0.899. The number of H-pyrrole nitrogens is 1. The van der Waals surface area contributed by atoms with Crippen LogP contribution in [0.2, 0.25) is 0 Å². The van der Waals surface area contributed by atoms with E-state index in [0.29, 0.717) is 0 Å². The molecule has 88 valence electrons. The van der Waals surface area contributed by atoms with E-state index in [1.807, 2.05) is 0 Å². The lowest BCUT2D eigenvalue weighted by atomic mass is 9.94. The summed E-state index contributed by atoms with van der Waals surface area (Å²) >= 11 is 3.46. The molecule has 1 aromatic heterocycles. The number of fused-ring (bicyclic) bond motifs is 1. The maximum atomic E-state index is 4.48. The fraction of sp³-hybridized carbons (Fsp3) is 0.357. The Morgan fingerprint density at radius 3 is 2.71 bits per heavy atom. The molecule has 1 N–H and O–H groups in total. The third kappa shape index (κ3) is 2.29. The summed E-state index contributed by atoms with van der Waals surface area (Å²) in [4.78, 5) is 0. The zero-order valence-electron chi connectivity index (χ0n) is 9.67. The van der Waals surface area contributed by atoms with Crippen molar-refractivity contribution in [2.75, 3.05) is 0 Å². The van der Waals surface area contributed by atoms with Crippen LogP contribution in [0.3, 0.4) is 0 Å². The van der Waals surface area contributed by atoms with Gasteiger partial charge >= 0.3 is 0 Å². The molecule has 0 bridgehead atoms.